The van der Waals surface area contributed by atoms with Crippen LogP contribution in [0.4, 0.5) is 0 Å². The van der Waals surface area contributed by atoms with Gasteiger partial charge in [0.2, 0.25) is 12.2 Å². The van der Waals surface area contributed by atoms with E-state index in [9.17, 15) is 9.59 Å². The molecule has 0 bridgehead atoms. The Kier molecular flexibility index (Phi) is 8.81. The van der Waals surface area contributed by atoms with Gasteiger partial charge in [0.15, 0.2) is 5.76 Å². The summed E-state index contributed by atoms with van der Waals surface area (Å²) in [5, 5.41) is 12.5. The van der Waals surface area contributed by atoms with Gasteiger partial charge in [-0.05, 0) is 17.7 Å². The minimum atomic E-state index is -0.662. The number of aliphatic hydroxyl groups excluding tert-OH is 1. The van der Waals surface area contributed by atoms with Gasteiger partial charge < -0.3 is 29.4 Å². The zero-order valence-corrected chi connectivity index (χ0v) is 18.4. The minimum Gasteiger partial charge on any atom is -0.459 e. The zero-order chi connectivity index (χ0) is 22.9. The summed E-state index contributed by atoms with van der Waals surface area (Å²) in [6.45, 7) is 2.98. The molecule has 2 aromatic rings. The van der Waals surface area contributed by atoms with E-state index in [4.69, 9.17) is 24.1 Å². The van der Waals surface area contributed by atoms with Crippen molar-refractivity contribution in [1.82, 2.24) is 9.88 Å². The maximum absolute atomic E-state index is 12.7. The summed E-state index contributed by atoms with van der Waals surface area (Å²) in [4.78, 5) is 24.8. The van der Waals surface area contributed by atoms with Gasteiger partial charge in [-0.2, -0.15) is 0 Å². The van der Waals surface area contributed by atoms with Crippen LogP contribution < -0.4 is 5.32 Å². The number of methoxy groups -OCH3 is 1. The Bertz CT molecular complexity index is 953. The quantitative estimate of drug-likeness (QED) is 0.507. The normalized spacial score (nSPS) is 18.3. The molecule has 1 aromatic carbocycles. The number of aliphatic hydroxyl groups is 1. The van der Waals surface area contributed by atoms with Crippen LogP contribution in [-0.2, 0) is 23.7 Å². The third kappa shape index (κ3) is 5.95. The Balaban J connectivity index is 1.85. The number of aromatic nitrogens is 1. The van der Waals surface area contributed by atoms with Gasteiger partial charge >= 0.3 is 0 Å². The fraction of sp³-hybridized carbons (Fsp3) is 0.478. The molecule has 32 heavy (non-hydrogen) atoms. The Hall–Kier alpha value is -2.72. The van der Waals surface area contributed by atoms with Crippen LogP contribution in [0.5, 0.6) is 0 Å². The molecule has 2 atom stereocenters. The number of allylic oxidation sites excluding steroid dienone is 1. The fourth-order valence-corrected chi connectivity index (χ4v) is 3.66. The number of rotatable bonds is 11. The van der Waals surface area contributed by atoms with Gasteiger partial charge in [-0.1, -0.05) is 18.2 Å². The minimum absolute atomic E-state index is 0.0588. The van der Waals surface area contributed by atoms with Gasteiger partial charge in [0.05, 0.1) is 38.6 Å². The molecule has 9 nitrogen and oxygen atoms in total. The van der Waals surface area contributed by atoms with Crippen LogP contribution in [0, 0.1) is 0 Å². The molecule has 3 rings (SSSR count). The van der Waals surface area contributed by atoms with E-state index in [2.05, 4.69) is 5.32 Å². The summed E-state index contributed by atoms with van der Waals surface area (Å²) < 4.78 is 23.4. The van der Waals surface area contributed by atoms with E-state index in [1.54, 1.807) is 17.8 Å². The van der Waals surface area contributed by atoms with Crippen molar-refractivity contribution in [3.8, 4) is 0 Å². The molecule has 2 heterocycles. The molecule has 2 N–H and O–H groups in total. The average Bonchev–Trinajstić information content (AvgIpc) is 3.19. The van der Waals surface area contributed by atoms with Crippen molar-refractivity contribution in [2.24, 2.45) is 0 Å². The van der Waals surface area contributed by atoms with E-state index in [1.807, 2.05) is 30.5 Å². The second-order valence-electron chi connectivity index (χ2n) is 7.37. The summed E-state index contributed by atoms with van der Waals surface area (Å²) in [6.07, 6.45) is 3.41. The lowest BCUT2D eigenvalue weighted by Crippen LogP contribution is -2.34. The lowest BCUT2D eigenvalue weighted by atomic mass is 9.92. The highest BCUT2D eigenvalue weighted by atomic mass is 16.7. The standard InChI is InChI=1S/C23H30N2O7/c1-16(27)25-15-19(18-5-3-4-6-20(18)25)17-13-21(23(28)24-7-9-29-2)32-22(14-17)31-12-11-30-10-8-26/h3-6,13,15,17,22,26H,7-12,14H2,1-2H3,(H,24,28)/t17-,22+/m0/s1. The second-order valence-corrected chi connectivity index (χ2v) is 7.37. The highest BCUT2D eigenvalue weighted by Crippen LogP contribution is 2.36. The monoisotopic (exact) mass is 446 g/mol. The van der Waals surface area contributed by atoms with E-state index in [1.165, 1.54) is 6.92 Å². The van der Waals surface area contributed by atoms with E-state index in [0.717, 1.165) is 16.5 Å². The molecular formula is C23H30N2O7. The average molecular weight is 447 g/mol. The Morgan fingerprint density at radius 3 is 2.78 bits per heavy atom. The first-order valence-corrected chi connectivity index (χ1v) is 10.6. The van der Waals surface area contributed by atoms with E-state index < -0.39 is 6.29 Å². The van der Waals surface area contributed by atoms with Crippen LogP contribution >= 0.6 is 0 Å². The summed E-state index contributed by atoms with van der Waals surface area (Å²) >= 11 is 0. The molecule has 9 heteroatoms. The smallest absolute Gasteiger partial charge is 0.286 e. The van der Waals surface area contributed by atoms with Gasteiger partial charge in [0, 0.05) is 44.5 Å². The molecule has 0 aliphatic carbocycles. The van der Waals surface area contributed by atoms with E-state index >= 15 is 0 Å². The lowest BCUT2D eigenvalue weighted by molar-refractivity contribution is -0.151. The topological polar surface area (TPSA) is 108 Å². The number of nitrogens with zero attached hydrogens (tertiary/aromatic N) is 1. The van der Waals surface area contributed by atoms with Crippen LogP contribution in [0.1, 0.15) is 29.6 Å². The number of hydrogen-bond donors (Lipinski definition) is 2. The molecule has 0 spiro atoms. The molecule has 0 unspecified atom stereocenters. The van der Waals surface area contributed by atoms with Gasteiger partial charge in [0.25, 0.3) is 5.91 Å². The summed E-state index contributed by atoms with van der Waals surface area (Å²) in [5.74, 6) is -0.471. The highest BCUT2D eigenvalue weighted by molar-refractivity contribution is 5.95. The number of carbonyl (C=O) groups excluding carboxylic acids is 2. The molecule has 0 saturated carbocycles. The Morgan fingerprint density at radius 2 is 2.03 bits per heavy atom. The van der Waals surface area contributed by atoms with Gasteiger partial charge in [-0.3, -0.25) is 14.2 Å². The number of benzene rings is 1. The van der Waals surface area contributed by atoms with Crippen molar-refractivity contribution >= 4 is 22.7 Å². The predicted octanol–water partition coefficient (Wildman–Crippen LogP) is 1.80. The molecule has 1 aliphatic rings. The first kappa shape index (κ1) is 23.9. The summed E-state index contributed by atoms with van der Waals surface area (Å²) in [5.41, 5.74) is 1.74. The van der Waals surface area contributed by atoms with Crippen LogP contribution in [0.25, 0.3) is 10.9 Å². The number of para-hydroxylation sites is 1. The molecule has 1 aliphatic heterocycles. The third-order valence-electron chi connectivity index (χ3n) is 5.12. The SMILES string of the molecule is COCCNC(=O)C1=C[C@H](c2cn(C(C)=O)c3ccccc23)C[C@H](OCCOCCO)O1. The number of hydrogen-bond acceptors (Lipinski definition) is 7. The molecule has 0 fully saturated rings. The Morgan fingerprint density at radius 1 is 1.22 bits per heavy atom. The number of nitrogens with one attached hydrogen (secondary N) is 1. The largest absolute Gasteiger partial charge is 0.459 e. The van der Waals surface area contributed by atoms with Crippen molar-refractivity contribution < 1.29 is 33.6 Å². The molecule has 174 valence electrons. The fourth-order valence-electron chi connectivity index (χ4n) is 3.66. The number of amides is 1. The maximum atomic E-state index is 12.7. The van der Waals surface area contributed by atoms with Crippen molar-refractivity contribution in [1.29, 1.82) is 0 Å². The highest BCUT2D eigenvalue weighted by Gasteiger charge is 2.30. The van der Waals surface area contributed by atoms with E-state index in [0.29, 0.717) is 26.2 Å². The van der Waals surface area contributed by atoms with Gasteiger partial charge in [-0.15, -0.1) is 0 Å². The van der Waals surface area contributed by atoms with Crippen LogP contribution in [0.15, 0.2) is 42.3 Å². The third-order valence-corrected chi connectivity index (χ3v) is 5.12. The van der Waals surface area contributed by atoms with Crippen LogP contribution in [0.2, 0.25) is 0 Å². The number of fused-ring (bicyclic) bond motifs is 1. The van der Waals surface area contributed by atoms with E-state index in [-0.39, 0.29) is 43.3 Å². The van der Waals surface area contributed by atoms with Crippen molar-refractivity contribution in [3.63, 3.8) is 0 Å². The first-order chi connectivity index (χ1) is 15.5. The Labute approximate surface area is 186 Å². The number of carbonyl (C=O) groups is 2. The molecule has 1 amide bonds. The molecule has 1 aromatic heterocycles. The van der Waals surface area contributed by atoms with Crippen LogP contribution in [-0.4, -0.2) is 74.5 Å². The molecular weight excluding hydrogens is 416 g/mol. The van der Waals surface area contributed by atoms with Crippen molar-refractivity contribution in [2.45, 2.75) is 25.6 Å². The maximum Gasteiger partial charge on any atom is 0.286 e. The summed E-state index contributed by atoms with van der Waals surface area (Å²) in [6, 6.07) is 7.67. The second kappa shape index (κ2) is 11.8. The van der Waals surface area contributed by atoms with Gasteiger partial charge in [-0.25, -0.2) is 0 Å². The van der Waals surface area contributed by atoms with Crippen LogP contribution in [0.3, 0.4) is 0 Å². The van der Waals surface area contributed by atoms with Gasteiger partial charge in [0.1, 0.15) is 0 Å². The molecule has 0 radical (unpaired) electrons. The first-order valence-electron chi connectivity index (χ1n) is 10.6. The summed E-state index contributed by atoms with van der Waals surface area (Å²) in [7, 11) is 1.56. The van der Waals surface area contributed by atoms with Crippen molar-refractivity contribution in [2.75, 3.05) is 46.7 Å². The van der Waals surface area contributed by atoms with Crippen molar-refractivity contribution in [3.05, 3.63) is 47.9 Å². The predicted molar refractivity (Wildman–Crippen MR) is 117 cm³/mol. The lowest BCUT2D eigenvalue weighted by Gasteiger charge is -2.29. The molecule has 0 saturated heterocycles. The zero-order valence-electron chi connectivity index (χ0n) is 18.4. The number of ether oxygens (including phenoxy) is 4.